The topological polar surface area (TPSA) is 73.7 Å². The van der Waals surface area contributed by atoms with Gasteiger partial charge in [0.2, 0.25) is 0 Å². The Morgan fingerprint density at radius 2 is 1.77 bits per heavy atom. The van der Waals surface area contributed by atoms with Crippen molar-refractivity contribution in [3.8, 4) is 5.75 Å². The fraction of sp³-hybridized carbons (Fsp3) is 0.316. The second-order valence-corrected chi connectivity index (χ2v) is 6.77. The summed E-state index contributed by atoms with van der Waals surface area (Å²) in [6.45, 7) is 3.67. The third-order valence-electron chi connectivity index (χ3n) is 4.35. The molecule has 3 rings (SSSR count). The van der Waals surface area contributed by atoms with Crippen molar-refractivity contribution in [2.24, 2.45) is 0 Å². The lowest BCUT2D eigenvalue weighted by atomic mass is 10.2. The summed E-state index contributed by atoms with van der Waals surface area (Å²) in [7, 11) is 0. The molecular formula is C19H20ClN3O3. The number of pyridine rings is 1. The van der Waals surface area contributed by atoms with Crippen LogP contribution in [-0.2, 0) is 0 Å². The minimum atomic E-state index is -0.320. The first kappa shape index (κ1) is 18.2. The summed E-state index contributed by atoms with van der Waals surface area (Å²) < 4.78 is 0. The van der Waals surface area contributed by atoms with Gasteiger partial charge in [-0.2, -0.15) is 0 Å². The Hall–Kier alpha value is -2.60. The molecule has 2 heterocycles. The Labute approximate surface area is 157 Å². The van der Waals surface area contributed by atoms with Crippen molar-refractivity contribution in [2.75, 3.05) is 26.2 Å². The standard InChI is InChI=1S/C19H20ClN3O3/c1-13-10-16(24)17(21-12-13)19(26)23-7-3-6-22(8-9-23)18(25)14-4-2-5-15(20)11-14/h2,4-5,10-12,24H,3,6-9H2,1H3. The van der Waals surface area contributed by atoms with E-state index in [1.165, 1.54) is 6.07 Å². The zero-order valence-electron chi connectivity index (χ0n) is 14.5. The van der Waals surface area contributed by atoms with E-state index in [1.54, 1.807) is 47.2 Å². The molecule has 6 nitrogen and oxygen atoms in total. The van der Waals surface area contributed by atoms with E-state index in [2.05, 4.69) is 4.98 Å². The SMILES string of the molecule is Cc1cnc(C(=O)N2CCCN(C(=O)c3cccc(Cl)c3)CC2)c(O)c1. The van der Waals surface area contributed by atoms with E-state index in [0.717, 1.165) is 5.56 Å². The lowest BCUT2D eigenvalue weighted by Crippen LogP contribution is -2.37. The maximum atomic E-state index is 12.7. The molecule has 2 aromatic rings. The first-order chi connectivity index (χ1) is 12.5. The zero-order chi connectivity index (χ0) is 18.7. The number of benzene rings is 1. The van der Waals surface area contributed by atoms with Gasteiger partial charge in [-0.25, -0.2) is 4.98 Å². The lowest BCUT2D eigenvalue weighted by molar-refractivity contribution is 0.0713. The molecule has 1 aromatic carbocycles. The smallest absolute Gasteiger partial charge is 0.276 e. The third kappa shape index (κ3) is 3.96. The number of hydrogen-bond acceptors (Lipinski definition) is 4. The first-order valence-electron chi connectivity index (χ1n) is 8.45. The molecule has 1 aliphatic heterocycles. The van der Waals surface area contributed by atoms with Gasteiger partial charge in [-0.3, -0.25) is 9.59 Å². The van der Waals surface area contributed by atoms with Crippen molar-refractivity contribution in [2.45, 2.75) is 13.3 Å². The highest BCUT2D eigenvalue weighted by atomic mass is 35.5. The van der Waals surface area contributed by atoms with Gasteiger partial charge in [-0.05, 0) is 43.2 Å². The highest BCUT2D eigenvalue weighted by molar-refractivity contribution is 6.30. The van der Waals surface area contributed by atoms with Gasteiger partial charge in [-0.15, -0.1) is 0 Å². The van der Waals surface area contributed by atoms with Crippen LogP contribution in [0.4, 0.5) is 0 Å². The van der Waals surface area contributed by atoms with E-state index >= 15 is 0 Å². The number of hydrogen-bond donors (Lipinski definition) is 1. The Bertz CT molecular complexity index is 841. The molecule has 0 spiro atoms. The second-order valence-electron chi connectivity index (χ2n) is 6.33. The van der Waals surface area contributed by atoms with Crippen molar-refractivity contribution in [3.63, 3.8) is 0 Å². The van der Waals surface area contributed by atoms with Gasteiger partial charge in [-0.1, -0.05) is 17.7 Å². The summed E-state index contributed by atoms with van der Waals surface area (Å²) in [6.07, 6.45) is 2.21. The number of aromatic hydroxyl groups is 1. The zero-order valence-corrected chi connectivity index (χ0v) is 15.2. The average molecular weight is 374 g/mol. The summed E-state index contributed by atoms with van der Waals surface area (Å²) >= 11 is 5.96. The van der Waals surface area contributed by atoms with Gasteiger partial charge in [0.05, 0.1) is 0 Å². The molecule has 1 aromatic heterocycles. The highest BCUT2D eigenvalue weighted by Crippen LogP contribution is 2.19. The quantitative estimate of drug-likeness (QED) is 0.878. The van der Waals surface area contributed by atoms with Gasteiger partial charge in [0.1, 0.15) is 5.75 Å². The molecule has 7 heteroatoms. The number of nitrogens with zero attached hydrogens (tertiary/aromatic N) is 3. The predicted octanol–water partition coefficient (Wildman–Crippen LogP) is 2.74. The molecule has 0 unspecified atom stereocenters. The van der Waals surface area contributed by atoms with Crippen molar-refractivity contribution in [1.82, 2.24) is 14.8 Å². The van der Waals surface area contributed by atoms with Crippen LogP contribution in [0.2, 0.25) is 5.02 Å². The van der Waals surface area contributed by atoms with Gasteiger partial charge in [0.25, 0.3) is 11.8 Å². The van der Waals surface area contributed by atoms with Gasteiger partial charge in [0.15, 0.2) is 5.69 Å². The van der Waals surface area contributed by atoms with E-state index in [9.17, 15) is 14.7 Å². The van der Waals surface area contributed by atoms with E-state index in [0.29, 0.717) is 43.2 Å². The maximum Gasteiger partial charge on any atom is 0.276 e. The van der Waals surface area contributed by atoms with E-state index in [4.69, 9.17) is 11.6 Å². The van der Waals surface area contributed by atoms with E-state index in [-0.39, 0.29) is 23.3 Å². The molecule has 1 N–H and O–H groups in total. The summed E-state index contributed by atoms with van der Waals surface area (Å²) in [4.78, 5) is 32.7. The number of halogens is 1. The molecule has 0 bridgehead atoms. The number of aromatic nitrogens is 1. The fourth-order valence-electron chi connectivity index (χ4n) is 3.00. The Balaban J connectivity index is 1.70. The number of amides is 2. The molecule has 26 heavy (non-hydrogen) atoms. The molecule has 0 atom stereocenters. The highest BCUT2D eigenvalue weighted by Gasteiger charge is 2.25. The molecule has 1 saturated heterocycles. The lowest BCUT2D eigenvalue weighted by Gasteiger charge is -2.22. The van der Waals surface area contributed by atoms with Crippen molar-refractivity contribution >= 4 is 23.4 Å². The van der Waals surface area contributed by atoms with Crippen LogP contribution < -0.4 is 0 Å². The van der Waals surface area contributed by atoms with Crippen LogP contribution >= 0.6 is 11.6 Å². The number of carbonyl (C=O) groups is 2. The third-order valence-corrected chi connectivity index (χ3v) is 4.58. The summed E-state index contributed by atoms with van der Waals surface area (Å²) in [5.74, 6) is -0.538. The van der Waals surface area contributed by atoms with Crippen LogP contribution in [0.5, 0.6) is 5.75 Å². The largest absolute Gasteiger partial charge is 0.505 e. The van der Waals surface area contributed by atoms with Crippen LogP contribution in [-0.4, -0.2) is 57.9 Å². The Morgan fingerprint density at radius 3 is 2.42 bits per heavy atom. The van der Waals surface area contributed by atoms with Crippen molar-refractivity contribution < 1.29 is 14.7 Å². The average Bonchev–Trinajstić information content (AvgIpc) is 2.87. The molecule has 0 radical (unpaired) electrons. The van der Waals surface area contributed by atoms with Crippen molar-refractivity contribution in [3.05, 3.63) is 58.4 Å². The minimum absolute atomic E-state index is 0.0465. The fourth-order valence-corrected chi connectivity index (χ4v) is 3.19. The first-order valence-corrected chi connectivity index (χ1v) is 8.83. The van der Waals surface area contributed by atoms with Crippen LogP contribution in [0.15, 0.2) is 36.5 Å². The van der Waals surface area contributed by atoms with Crippen LogP contribution in [0.25, 0.3) is 0 Å². The normalized spacial score (nSPS) is 14.8. The van der Waals surface area contributed by atoms with Gasteiger partial charge >= 0.3 is 0 Å². The van der Waals surface area contributed by atoms with E-state index in [1.807, 2.05) is 0 Å². The number of rotatable bonds is 2. The molecule has 1 fully saturated rings. The number of carbonyl (C=O) groups excluding carboxylic acids is 2. The van der Waals surface area contributed by atoms with Crippen LogP contribution in [0.1, 0.15) is 32.8 Å². The maximum absolute atomic E-state index is 12.7. The Morgan fingerprint density at radius 1 is 1.08 bits per heavy atom. The van der Waals surface area contributed by atoms with E-state index < -0.39 is 0 Å². The predicted molar refractivity (Wildman–Crippen MR) is 98.5 cm³/mol. The summed E-state index contributed by atoms with van der Waals surface area (Å²) in [5.41, 5.74) is 1.37. The number of aryl methyl sites for hydroxylation is 1. The Kier molecular flexibility index (Phi) is 5.42. The van der Waals surface area contributed by atoms with Crippen LogP contribution in [0, 0.1) is 6.92 Å². The summed E-state index contributed by atoms with van der Waals surface area (Å²) in [6, 6.07) is 8.37. The molecule has 1 aliphatic rings. The van der Waals surface area contributed by atoms with Crippen LogP contribution in [0.3, 0.4) is 0 Å². The monoisotopic (exact) mass is 373 g/mol. The van der Waals surface area contributed by atoms with Gasteiger partial charge in [0, 0.05) is 43.0 Å². The molecule has 0 aliphatic carbocycles. The van der Waals surface area contributed by atoms with Crippen molar-refractivity contribution in [1.29, 1.82) is 0 Å². The van der Waals surface area contributed by atoms with Gasteiger partial charge < -0.3 is 14.9 Å². The molecule has 2 amide bonds. The minimum Gasteiger partial charge on any atom is -0.505 e. The summed E-state index contributed by atoms with van der Waals surface area (Å²) in [5, 5.41) is 10.5. The molecular weight excluding hydrogens is 354 g/mol. The second kappa shape index (κ2) is 7.74. The molecule has 136 valence electrons. The molecule has 0 saturated carbocycles.